The summed E-state index contributed by atoms with van der Waals surface area (Å²) in [5.74, 6) is -1.24. The lowest BCUT2D eigenvalue weighted by Gasteiger charge is -2.11. The largest absolute Gasteiger partial charge is 0.480 e. The normalized spacial score (nSPS) is 10.3. The second-order valence-corrected chi connectivity index (χ2v) is 6.83. The molecule has 2 aromatic carbocycles. The van der Waals surface area contributed by atoms with Crippen molar-refractivity contribution in [3.63, 3.8) is 0 Å². The van der Waals surface area contributed by atoms with Gasteiger partial charge in [-0.05, 0) is 18.2 Å². The zero-order valence-electron chi connectivity index (χ0n) is 12.8. The molecule has 0 bridgehead atoms. The summed E-state index contributed by atoms with van der Waals surface area (Å²) >= 11 is 29.4. The Morgan fingerprint density at radius 1 is 0.846 bits per heavy atom. The van der Waals surface area contributed by atoms with Crippen molar-refractivity contribution in [2.45, 2.75) is 0 Å². The van der Waals surface area contributed by atoms with Crippen molar-refractivity contribution in [2.75, 3.05) is 18.5 Å². The average Bonchev–Trinajstić information content (AvgIpc) is 2.58. The summed E-state index contributed by atoms with van der Waals surface area (Å²) in [7, 11) is 0. The van der Waals surface area contributed by atoms with Gasteiger partial charge in [-0.25, -0.2) is 4.79 Å². The van der Waals surface area contributed by atoms with E-state index < -0.39 is 25.1 Å². The van der Waals surface area contributed by atoms with Crippen LogP contribution in [-0.2, 0) is 14.3 Å². The van der Waals surface area contributed by atoms with Gasteiger partial charge in [0.1, 0.15) is 5.75 Å². The van der Waals surface area contributed by atoms with E-state index in [1.54, 1.807) is 18.2 Å². The maximum Gasteiger partial charge on any atom is 0.344 e. The Balaban J connectivity index is 1.83. The lowest BCUT2D eigenvalue weighted by molar-refractivity contribution is -0.149. The van der Waals surface area contributed by atoms with Gasteiger partial charge in [0, 0.05) is 6.07 Å². The summed E-state index contributed by atoms with van der Waals surface area (Å²) in [5.41, 5.74) is 0.232. The minimum atomic E-state index is -0.785. The lowest BCUT2D eigenvalue weighted by Crippen LogP contribution is -2.24. The number of carbonyl (C=O) groups excluding carboxylic acids is 2. The summed E-state index contributed by atoms with van der Waals surface area (Å²) in [6.45, 7) is -1.02. The van der Waals surface area contributed by atoms with E-state index >= 15 is 0 Å². The van der Waals surface area contributed by atoms with Crippen LogP contribution < -0.4 is 10.1 Å². The lowest BCUT2D eigenvalue weighted by atomic mass is 10.3. The first-order valence-corrected chi connectivity index (χ1v) is 8.83. The number of benzene rings is 2. The van der Waals surface area contributed by atoms with Crippen molar-refractivity contribution >= 4 is 75.6 Å². The Bertz CT molecular complexity index is 823. The Morgan fingerprint density at radius 2 is 1.46 bits per heavy atom. The molecule has 0 radical (unpaired) electrons. The molecule has 5 nitrogen and oxygen atoms in total. The number of ether oxygens (including phenoxy) is 2. The predicted octanol–water partition coefficient (Wildman–Crippen LogP) is 5.51. The molecule has 0 aliphatic carbocycles. The van der Waals surface area contributed by atoms with Crippen molar-refractivity contribution < 1.29 is 19.1 Å². The second kappa shape index (κ2) is 9.53. The summed E-state index contributed by atoms with van der Waals surface area (Å²) in [4.78, 5) is 23.5. The maximum atomic E-state index is 11.8. The van der Waals surface area contributed by atoms with E-state index in [0.717, 1.165) is 0 Å². The SMILES string of the molecule is O=C(COC(=O)COc1cc(Cl)c(Cl)cc1Cl)Nc1c(Cl)cccc1Cl. The molecule has 0 fully saturated rings. The van der Waals surface area contributed by atoms with Crippen LogP contribution in [0.4, 0.5) is 5.69 Å². The average molecular weight is 458 g/mol. The van der Waals surface area contributed by atoms with Crippen LogP contribution in [-0.4, -0.2) is 25.1 Å². The fourth-order valence-electron chi connectivity index (χ4n) is 1.73. The van der Waals surface area contributed by atoms with Crippen LogP contribution in [0, 0.1) is 0 Å². The standard InChI is InChI=1S/C16H10Cl5NO4/c17-8-2-1-3-9(18)16(8)22-14(23)6-26-15(24)7-25-13-5-11(20)10(19)4-12(13)21/h1-5H,6-7H2,(H,22,23). The minimum Gasteiger partial charge on any atom is -0.480 e. The van der Waals surface area contributed by atoms with E-state index in [4.69, 9.17) is 67.5 Å². The van der Waals surface area contributed by atoms with E-state index in [1.807, 2.05) is 0 Å². The number of carbonyl (C=O) groups is 2. The van der Waals surface area contributed by atoms with Gasteiger partial charge in [-0.2, -0.15) is 0 Å². The number of rotatable bonds is 6. The predicted molar refractivity (Wildman–Crippen MR) is 103 cm³/mol. The molecular weight excluding hydrogens is 447 g/mol. The zero-order valence-corrected chi connectivity index (χ0v) is 16.6. The smallest absolute Gasteiger partial charge is 0.344 e. The van der Waals surface area contributed by atoms with Gasteiger partial charge in [-0.1, -0.05) is 64.1 Å². The quantitative estimate of drug-likeness (QED) is 0.459. The summed E-state index contributed by atoms with van der Waals surface area (Å²) in [5, 5.41) is 3.62. The first kappa shape index (κ1) is 20.9. The Morgan fingerprint density at radius 3 is 2.12 bits per heavy atom. The molecule has 138 valence electrons. The summed E-state index contributed by atoms with van der Waals surface area (Å²) in [6.07, 6.45) is 0. The summed E-state index contributed by atoms with van der Waals surface area (Å²) in [6, 6.07) is 7.50. The number of amides is 1. The number of esters is 1. The van der Waals surface area contributed by atoms with Gasteiger partial charge in [-0.3, -0.25) is 4.79 Å². The third kappa shape index (κ3) is 5.83. The number of para-hydroxylation sites is 1. The van der Waals surface area contributed by atoms with Crippen molar-refractivity contribution in [3.05, 3.63) is 55.4 Å². The molecule has 2 aromatic rings. The molecule has 0 unspecified atom stereocenters. The Hall–Kier alpha value is -1.37. The number of nitrogens with one attached hydrogen (secondary N) is 1. The first-order valence-electron chi connectivity index (χ1n) is 6.94. The number of hydrogen-bond donors (Lipinski definition) is 1. The van der Waals surface area contributed by atoms with Gasteiger partial charge in [-0.15, -0.1) is 0 Å². The highest BCUT2D eigenvalue weighted by atomic mass is 35.5. The van der Waals surface area contributed by atoms with Crippen LogP contribution in [0.5, 0.6) is 5.75 Å². The van der Waals surface area contributed by atoms with Gasteiger partial charge in [0.05, 0.1) is 30.8 Å². The topological polar surface area (TPSA) is 64.6 Å². The van der Waals surface area contributed by atoms with E-state index in [9.17, 15) is 9.59 Å². The highest BCUT2D eigenvalue weighted by Crippen LogP contribution is 2.33. The first-order chi connectivity index (χ1) is 12.3. The second-order valence-electron chi connectivity index (χ2n) is 4.79. The van der Waals surface area contributed by atoms with Crippen LogP contribution in [0.3, 0.4) is 0 Å². The molecule has 26 heavy (non-hydrogen) atoms. The van der Waals surface area contributed by atoms with E-state index in [-0.39, 0.29) is 36.6 Å². The summed E-state index contributed by atoms with van der Waals surface area (Å²) < 4.78 is 10.0. The zero-order chi connectivity index (χ0) is 19.3. The van der Waals surface area contributed by atoms with Gasteiger partial charge in [0.2, 0.25) is 0 Å². The van der Waals surface area contributed by atoms with Crippen molar-refractivity contribution in [3.8, 4) is 5.75 Å². The van der Waals surface area contributed by atoms with Crippen molar-refractivity contribution in [1.82, 2.24) is 0 Å². The van der Waals surface area contributed by atoms with Crippen LogP contribution >= 0.6 is 58.0 Å². The van der Waals surface area contributed by atoms with Crippen LogP contribution in [0.15, 0.2) is 30.3 Å². The van der Waals surface area contributed by atoms with Crippen molar-refractivity contribution in [2.24, 2.45) is 0 Å². The van der Waals surface area contributed by atoms with Gasteiger partial charge < -0.3 is 14.8 Å². The molecule has 0 aliphatic rings. The van der Waals surface area contributed by atoms with E-state index in [2.05, 4.69) is 5.32 Å². The Kier molecular flexibility index (Phi) is 7.68. The van der Waals surface area contributed by atoms with Crippen molar-refractivity contribution in [1.29, 1.82) is 0 Å². The highest BCUT2D eigenvalue weighted by Gasteiger charge is 2.14. The third-order valence-corrected chi connectivity index (χ3v) is 4.56. The molecule has 0 spiro atoms. The molecular formula is C16H10Cl5NO4. The number of anilines is 1. The molecule has 0 atom stereocenters. The number of hydrogen-bond acceptors (Lipinski definition) is 4. The molecule has 10 heteroatoms. The third-order valence-electron chi connectivity index (χ3n) is 2.91. The van der Waals surface area contributed by atoms with E-state index in [0.29, 0.717) is 0 Å². The van der Waals surface area contributed by atoms with Crippen LogP contribution in [0.1, 0.15) is 0 Å². The molecule has 1 N–H and O–H groups in total. The molecule has 0 heterocycles. The molecule has 0 aromatic heterocycles. The fourth-order valence-corrected chi connectivity index (χ4v) is 2.82. The molecule has 1 amide bonds. The van der Waals surface area contributed by atoms with Gasteiger partial charge in [0.25, 0.3) is 5.91 Å². The molecule has 0 saturated heterocycles. The maximum absolute atomic E-state index is 11.8. The molecule has 0 saturated carbocycles. The fraction of sp³-hybridized carbons (Fsp3) is 0.125. The van der Waals surface area contributed by atoms with Crippen LogP contribution in [0.25, 0.3) is 0 Å². The van der Waals surface area contributed by atoms with Gasteiger partial charge in [0.15, 0.2) is 13.2 Å². The minimum absolute atomic E-state index is 0.158. The molecule has 0 aliphatic heterocycles. The highest BCUT2D eigenvalue weighted by molar-refractivity contribution is 6.43. The monoisotopic (exact) mass is 455 g/mol. The Labute approximate surface area is 174 Å². The number of halogens is 5. The van der Waals surface area contributed by atoms with Gasteiger partial charge >= 0.3 is 5.97 Å². The molecule has 2 rings (SSSR count). The van der Waals surface area contributed by atoms with E-state index in [1.165, 1.54) is 12.1 Å². The van der Waals surface area contributed by atoms with Crippen LogP contribution in [0.2, 0.25) is 25.1 Å².